The number of hydrogen-bond acceptors (Lipinski definition) is 5. The second-order valence-corrected chi connectivity index (χ2v) is 7.76. The molecular weight excluding hydrogens is 386 g/mol. The van der Waals surface area contributed by atoms with Gasteiger partial charge in [0.05, 0.1) is 18.8 Å². The standard InChI is InChI=1S/C22H25N3O3S/c1-3-15(2)16-8-10-17(11-9-16)21(19-7-5-13-29-19)23-14-20(26)24-25-22(27)18-6-4-12-28-18/h4-13,15,21,23H,3,14H2,1-2H3,(H,24,26)(H,25,27)/t15-,21-/m0/s1. The first-order chi connectivity index (χ1) is 14.1. The van der Waals surface area contributed by atoms with Crippen LogP contribution in [-0.4, -0.2) is 18.4 Å². The van der Waals surface area contributed by atoms with E-state index in [2.05, 4.69) is 54.3 Å². The minimum absolute atomic E-state index is 0.0497. The van der Waals surface area contributed by atoms with Gasteiger partial charge in [-0.3, -0.25) is 25.8 Å². The molecule has 0 radical (unpaired) electrons. The van der Waals surface area contributed by atoms with E-state index >= 15 is 0 Å². The fourth-order valence-corrected chi connectivity index (χ4v) is 3.75. The van der Waals surface area contributed by atoms with E-state index in [1.54, 1.807) is 17.4 Å². The van der Waals surface area contributed by atoms with Crippen molar-refractivity contribution in [2.24, 2.45) is 0 Å². The van der Waals surface area contributed by atoms with Crippen LogP contribution in [0.1, 0.15) is 58.8 Å². The van der Waals surface area contributed by atoms with Crippen LogP contribution in [-0.2, 0) is 4.79 Å². The molecule has 0 fully saturated rings. The van der Waals surface area contributed by atoms with E-state index in [9.17, 15) is 9.59 Å². The van der Waals surface area contributed by atoms with Crippen molar-refractivity contribution in [1.29, 1.82) is 0 Å². The van der Waals surface area contributed by atoms with Gasteiger partial charge in [-0.25, -0.2) is 0 Å². The highest BCUT2D eigenvalue weighted by molar-refractivity contribution is 7.10. The van der Waals surface area contributed by atoms with Gasteiger partial charge in [0.1, 0.15) is 0 Å². The maximum Gasteiger partial charge on any atom is 0.305 e. The van der Waals surface area contributed by atoms with E-state index in [4.69, 9.17) is 4.42 Å². The second kappa shape index (κ2) is 10.0. The van der Waals surface area contributed by atoms with E-state index in [0.29, 0.717) is 5.92 Å². The summed E-state index contributed by atoms with van der Waals surface area (Å²) in [5, 5.41) is 5.30. The molecule has 0 spiro atoms. The number of thiophene rings is 1. The third-order valence-corrected chi connectivity index (χ3v) is 5.74. The fourth-order valence-electron chi connectivity index (χ4n) is 2.93. The Morgan fingerprint density at radius 2 is 1.79 bits per heavy atom. The summed E-state index contributed by atoms with van der Waals surface area (Å²) < 4.78 is 4.99. The molecule has 2 amide bonds. The van der Waals surface area contributed by atoms with Crippen molar-refractivity contribution in [2.75, 3.05) is 6.54 Å². The number of hydrazine groups is 1. The molecule has 0 bridgehead atoms. The van der Waals surface area contributed by atoms with Crippen molar-refractivity contribution >= 4 is 23.2 Å². The minimum Gasteiger partial charge on any atom is -0.459 e. The molecule has 2 aromatic heterocycles. The lowest BCUT2D eigenvalue weighted by molar-refractivity contribution is -0.121. The summed E-state index contributed by atoms with van der Waals surface area (Å²) >= 11 is 1.63. The molecular formula is C22H25N3O3S. The highest BCUT2D eigenvalue weighted by atomic mass is 32.1. The molecule has 152 valence electrons. The number of furan rings is 1. The van der Waals surface area contributed by atoms with Crippen molar-refractivity contribution in [3.05, 3.63) is 81.9 Å². The first kappa shape index (κ1) is 20.8. The molecule has 1 aromatic carbocycles. The first-order valence-corrected chi connectivity index (χ1v) is 10.5. The van der Waals surface area contributed by atoms with Gasteiger partial charge in [-0.05, 0) is 47.0 Å². The molecule has 7 heteroatoms. The third kappa shape index (κ3) is 5.56. The Balaban J connectivity index is 1.61. The first-order valence-electron chi connectivity index (χ1n) is 9.57. The molecule has 3 N–H and O–H groups in total. The van der Waals surface area contributed by atoms with Crippen LogP contribution in [0.5, 0.6) is 0 Å². The number of amides is 2. The molecule has 0 unspecified atom stereocenters. The van der Waals surface area contributed by atoms with E-state index in [1.807, 2.05) is 17.5 Å². The summed E-state index contributed by atoms with van der Waals surface area (Å²) in [5.41, 5.74) is 7.13. The van der Waals surface area contributed by atoms with E-state index in [0.717, 1.165) is 16.9 Å². The quantitative estimate of drug-likeness (QED) is 0.489. The fraction of sp³-hybridized carbons (Fsp3) is 0.273. The summed E-state index contributed by atoms with van der Waals surface area (Å²) in [6.07, 6.45) is 2.49. The molecule has 0 aliphatic rings. The van der Waals surface area contributed by atoms with Crippen molar-refractivity contribution in [3.8, 4) is 0 Å². The predicted molar refractivity (Wildman–Crippen MR) is 114 cm³/mol. The SMILES string of the molecule is CC[C@H](C)c1ccc([C@H](NCC(=O)NNC(=O)c2ccco2)c2cccs2)cc1. The zero-order valence-electron chi connectivity index (χ0n) is 16.5. The zero-order chi connectivity index (χ0) is 20.6. The van der Waals surface area contributed by atoms with Crippen molar-refractivity contribution in [3.63, 3.8) is 0 Å². The summed E-state index contributed by atoms with van der Waals surface area (Å²) in [4.78, 5) is 25.1. The lowest BCUT2D eigenvalue weighted by Crippen LogP contribution is -2.45. The molecule has 6 nitrogen and oxygen atoms in total. The minimum atomic E-state index is -0.501. The van der Waals surface area contributed by atoms with Gasteiger partial charge in [0.25, 0.3) is 5.91 Å². The van der Waals surface area contributed by atoms with Crippen LogP contribution in [0.2, 0.25) is 0 Å². The number of hydrogen-bond donors (Lipinski definition) is 3. The second-order valence-electron chi connectivity index (χ2n) is 6.78. The summed E-state index contributed by atoms with van der Waals surface area (Å²) in [7, 11) is 0. The Kier molecular flexibility index (Phi) is 7.21. The van der Waals surface area contributed by atoms with E-state index in [1.165, 1.54) is 17.9 Å². The third-order valence-electron chi connectivity index (χ3n) is 4.81. The van der Waals surface area contributed by atoms with E-state index in [-0.39, 0.29) is 24.3 Å². The Morgan fingerprint density at radius 1 is 1.03 bits per heavy atom. The zero-order valence-corrected chi connectivity index (χ0v) is 17.3. The van der Waals surface area contributed by atoms with E-state index < -0.39 is 5.91 Å². The smallest absolute Gasteiger partial charge is 0.305 e. The molecule has 0 saturated carbocycles. The molecule has 2 atom stereocenters. The molecule has 0 aliphatic heterocycles. The number of carbonyl (C=O) groups excluding carboxylic acids is 2. The predicted octanol–water partition coefficient (Wildman–Crippen LogP) is 3.99. The van der Waals surface area contributed by atoms with Gasteiger partial charge >= 0.3 is 5.91 Å². The summed E-state index contributed by atoms with van der Waals surface area (Å²) in [6, 6.07) is 15.6. The van der Waals surface area contributed by atoms with Gasteiger partial charge in [-0.2, -0.15) is 0 Å². The van der Waals surface area contributed by atoms with Gasteiger partial charge in [-0.15, -0.1) is 11.3 Å². The molecule has 29 heavy (non-hydrogen) atoms. The van der Waals surface area contributed by atoms with Crippen LogP contribution in [0, 0.1) is 0 Å². The highest BCUT2D eigenvalue weighted by Gasteiger charge is 2.17. The topological polar surface area (TPSA) is 83.4 Å². The van der Waals surface area contributed by atoms with Gasteiger partial charge in [0.2, 0.25) is 0 Å². The van der Waals surface area contributed by atoms with Crippen LogP contribution >= 0.6 is 11.3 Å². The van der Waals surface area contributed by atoms with Gasteiger partial charge in [-0.1, -0.05) is 44.2 Å². The monoisotopic (exact) mass is 411 g/mol. The number of rotatable bonds is 8. The van der Waals surface area contributed by atoms with Crippen molar-refractivity contribution in [1.82, 2.24) is 16.2 Å². The Hall–Kier alpha value is -2.90. The molecule has 3 rings (SSSR count). The van der Waals surface area contributed by atoms with Crippen LogP contribution in [0.3, 0.4) is 0 Å². The average molecular weight is 412 g/mol. The number of carbonyl (C=O) groups is 2. The number of benzene rings is 1. The summed E-state index contributed by atoms with van der Waals surface area (Å²) in [5.74, 6) is -0.196. The Labute approximate surface area is 174 Å². The maximum atomic E-state index is 12.2. The molecule has 0 aliphatic carbocycles. The van der Waals surface area contributed by atoms with Gasteiger partial charge in [0, 0.05) is 4.88 Å². The largest absolute Gasteiger partial charge is 0.459 e. The maximum absolute atomic E-state index is 12.2. The Morgan fingerprint density at radius 3 is 2.41 bits per heavy atom. The highest BCUT2D eigenvalue weighted by Crippen LogP contribution is 2.27. The van der Waals surface area contributed by atoms with Gasteiger partial charge < -0.3 is 4.42 Å². The van der Waals surface area contributed by atoms with Crippen LogP contribution in [0.15, 0.2) is 64.6 Å². The lowest BCUT2D eigenvalue weighted by Gasteiger charge is -2.19. The van der Waals surface area contributed by atoms with Crippen molar-refractivity contribution in [2.45, 2.75) is 32.2 Å². The van der Waals surface area contributed by atoms with Gasteiger partial charge in [0.15, 0.2) is 5.76 Å². The summed E-state index contributed by atoms with van der Waals surface area (Å²) in [6.45, 7) is 4.44. The lowest BCUT2D eigenvalue weighted by atomic mass is 9.95. The average Bonchev–Trinajstić information content (AvgIpc) is 3.46. The van der Waals surface area contributed by atoms with Crippen LogP contribution < -0.4 is 16.2 Å². The molecule has 2 heterocycles. The number of nitrogens with one attached hydrogen (secondary N) is 3. The molecule has 0 saturated heterocycles. The van der Waals surface area contributed by atoms with Crippen molar-refractivity contribution < 1.29 is 14.0 Å². The normalized spacial score (nSPS) is 12.9. The molecule has 3 aromatic rings. The van der Waals surface area contributed by atoms with Crippen LogP contribution in [0.25, 0.3) is 0 Å². The Bertz CT molecular complexity index is 905. The van der Waals surface area contributed by atoms with Crippen LogP contribution in [0.4, 0.5) is 0 Å².